The maximum absolute atomic E-state index is 10.7. The molecule has 2 N–H and O–H groups in total. The van der Waals surface area contributed by atoms with Crippen molar-refractivity contribution in [2.75, 3.05) is 0 Å². The van der Waals surface area contributed by atoms with Crippen LogP contribution in [0.4, 0.5) is 5.88 Å². The molecule has 1 atom stereocenters. The van der Waals surface area contributed by atoms with Crippen LogP contribution in [-0.2, 0) is 9.59 Å². The molecule has 0 aliphatic heterocycles. The second-order valence-electron chi connectivity index (χ2n) is 2.92. The summed E-state index contributed by atoms with van der Waals surface area (Å²) in [5.74, 6) is -5.03. The zero-order chi connectivity index (χ0) is 12.3. The van der Waals surface area contributed by atoms with Crippen LogP contribution >= 0.6 is 0 Å². The van der Waals surface area contributed by atoms with Crippen LogP contribution in [0.5, 0.6) is 0 Å². The van der Waals surface area contributed by atoms with Crippen LogP contribution in [0, 0.1) is 10.1 Å². The summed E-state index contributed by atoms with van der Waals surface area (Å²) in [5, 5.41) is 27.5. The third-order valence-electron chi connectivity index (χ3n) is 1.81. The molecule has 0 aromatic carbocycles. The normalized spacial score (nSPS) is 12.0. The molecule has 0 saturated heterocycles. The zero-order valence-corrected chi connectivity index (χ0v) is 7.82. The van der Waals surface area contributed by atoms with Crippen LogP contribution in [0.25, 0.3) is 0 Å². The number of nitro groups is 1. The maximum Gasteiger partial charge on any atom is 0.433 e. The summed E-state index contributed by atoms with van der Waals surface area (Å²) in [6.45, 7) is 0. The lowest BCUT2D eigenvalue weighted by Gasteiger charge is -2.04. The summed E-state index contributed by atoms with van der Waals surface area (Å²) in [6, 6.07) is 2.06. The SMILES string of the molecule is O=C(O)CC(C(=O)O)c1ccc([N+](=O)[O-])o1. The van der Waals surface area contributed by atoms with Crippen molar-refractivity contribution in [3.8, 4) is 0 Å². The van der Waals surface area contributed by atoms with Crippen molar-refractivity contribution in [3.05, 3.63) is 28.0 Å². The molecule has 0 amide bonds. The molecule has 8 nitrogen and oxygen atoms in total. The van der Waals surface area contributed by atoms with Gasteiger partial charge in [-0.15, -0.1) is 0 Å². The predicted molar refractivity (Wildman–Crippen MR) is 48.0 cm³/mol. The van der Waals surface area contributed by atoms with E-state index in [2.05, 4.69) is 4.42 Å². The molecule has 1 aromatic heterocycles. The average molecular weight is 229 g/mol. The highest BCUT2D eigenvalue weighted by Gasteiger charge is 2.28. The summed E-state index contributed by atoms with van der Waals surface area (Å²) in [7, 11) is 0. The van der Waals surface area contributed by atoms with Crippen LogP contribution < -0.4 is 0 Å². The molecule has 0 fully saturated rings. The number of aliphatic carboxylic acids is 2. The van der Waals surface area contributed by atoms with E-state index in [1.54, 1.807) is 0 Å². The van der Waals surface area contributed by atoms with Crippen molar-refractivity contribution in [2.45, 2.75) is 12.3 Å². The quantitative estimate of drug-likeness (QED) is 0.564. The fourth-order valence-corrected chi connectivity index (χ4v) is 1.11. The van der Waals surface area contributed by atoms with Crippen LogP contribution in [0.2, 0.25) is 0 Å². The molecular weight excluding hydrogens is 222 g/mol. The second-order valence-corrected chi connectivity index (χ2v) is 2.92. The largest absolute Gasteiger partial charge is 0.481 e. The van der Waals surface area contributed by atoms with E-state index in [-0.39, 0.29) is 5.76 Å². The summed E-state index contributed by atoms with van der Waals surface area (Å²) >= 11 is 0. The summed E-state index contributed by atoms with van der Waals surface area (Å²) in [6.07, 6.45) is -0.694. The summed E-state index contributed by atoms with van der Waals surface area (Å²) in [4.78, 5) is 30.6. The van der Waals surface area contributed by atoms with E-state index in [0.717, 1.165) is 12.1 Å². The Labute approximate surface area is 88.2 Å². The van der Waals surface area contributed by atoms with Crippen LogP contribution in [0.1, 0.15) is 18.1 Å². The van der Waals surface area contributed by atoms with Crippen molar-refractivity contribution in [1.29, 1.82) is 0 Å². The van der Waals surface area contributed by atoms with Crippen molar-refractivity contribution >= 4 is 17.8 Å². The van der Waals surface area contributed by atoms with Crippen molar-refractivity contribution < 1.29 is 29.1 Å². The molecule has 1 unspecified atom stereocenters. The fraction of sp³-hybridized carbons (Fsp3) is 0.250. The first-order valence-electron chi connectivity index (χ1n) is 4.10. The molecule has 1 rings (SSSR count). The van der Waals surface area contributed by atoms with Gasteiger partial charge in [0.25, 0.3) is 0 Å². The molecule has 0 radical (unpaired) electrons. The summed E-state index contributed by atoms with van der Waals surface area (Å²) in [5.41, 5.74) is 0. The fourth-order valence-electron chi connectivity index (χ4n) is 1.11. The predicted octanol–water partition coefficient (Wildman–Crippen LogP) is 0.831. The minimum absolute atomic E-state index is 0.249. The van der Waals surface area contributed by atoms with Crippen LogP contribution in [0.3, 0.4) is 0 Å². The van der Waals surface area contributed by atoms with E-state index in [1.165, 1.54) is 0 Å². The number of carboxylic acids is 2. The summed E-state index contributed by atoms with van der Waals surface area (Å²) < 4.78 is 4.63. The molecule has 16 heavy (non-hydrogen) atoms. The highest BCUT2D eigenvalue weighted by Crippen LogP contribution is 2.25. The molecule has 0 saturated carbocycles. The van der Waals surface area contributed by atoms with Gasteiger partial charge in [0.15, 0.2) is 0 Å². The van der Waals surface area contributed by atoms with Gasteiger partial charge in [0.1, 0.15) is 16.6 Å². The highest BCUT2D eigenvalue weighted by atomic mass is 16.6. The van der Waals surface area contributed by atoms with E-state index in [1.807, 2.05) is 0 Å². The first kappa shape index (κ1) is 11.7. The maximum atomic E-state index is 10.7. The number of carboxylic acid groups (broad SMARTS) is 2. The molecule has 86 valence electrons. The number of hydrogen-bond acceptors (Lipinski definition) is 5. The lowest BCUT2D eigenvalue weighted by Crippen LogP contribution is -2.15. The van der Waals surface area contributed by atoms with Gasteiger partial charge < -0.3 is 14.6 Å². The Kier molecular flexibility index (Phi) is 3.24. The van der Waals surface area contributed by atoms with Gasteiger partial charge in [-0.1, -0.05) is 0 Å². The third-order valence-corrected chi connectivity index (χ3v) is 1.81. The van der Waals surface area contributed by atoms with Crippen molar-refractivity contribution in [1.82, 2.24) is 0 Å². The minimum atomic E-state index is -1.42. The van der Waals surface area contributed by atoms with E-state index in [0.29, 0.717) is 0 Å². The molecular formula is C8H7NO7. The van der Waals surface area contributed by atoms with Gasteiger partial charge in [0, 0.05) is 0 Å². The monoisotopic (exact) mass is 229 g/mol. The number of rotatable bonds is 5. The Morgan fingerprint density at radius 3 is 2.44 bits per heavy atom. The number of carbonyl (C=O) groups is 2. The Hall–Kier alpha value is -2.38. The van der Waals surface area contributed by atoms with Crippen LogP contribution in [-0.4, -0.2) is 27.1 Å². The molecule has 1 heterocycles. The first-order chi connectivity index (χ1) is 7.41. The third kappa shape index (κ3) is 2.56. The lowest BCUT2D eigenvalue weighted by atomic mass is 10.0. The van der Waals surface area contributed by atoms with Crippen molar-refractivity contribution in [2.24, 2.45) is 0 Å². The standard InChI is InChI=1S/C8H7NO7/c10-7(11)3-4(8(12)13)5-1-2-6(16-5)9(14)15/h1-2,4H,3H2,(H,10,11)(H,12,13). The second kappa shape index (κ2) is 4.43. The van der Waals surface area contributed by atoms with Crippen molar-refractivity contribution in [3.63, 3.8) is 0 Å². The number of furan rings is 1. The topological polar surface area (TPSA) is 131 Å². The Balaban J connectivity index is 2.97. The molecule has 0 aliphatic carbocycles. The Morgan fingerprint density at radius 2 is 2.06 bits per heavy atom. The minimum Gasteiger partial charge on any atom is -0.481 e. The number of hydrogen-bond donors (Lipinski definition) is 2. The number of nitrogens with zero attached hydrogens (tertiary/aromatic N) is 1. The Bertz CT molecular complexity index is 435. The van der Waals surface area contributed by atoms with Gasteiger partial charge in [0.2, 0.25) is 0 Å². The van der Waals surface area contributed by atoms with Gasteiger partial charge >= 0.3 is 17.8 Å². The van der Waals surface area contributed by atoms with Gasteiger partial charge in [-0.3, -0.25) is 19.7 Å². The average Bonchev–Trinajstić information content (AvgIpc) is 2.61. The van der Waals surface area contributed by atoms with E-state index in [4.69, 9.17) is 10.2 Å². The van der Waals surface area contributed by atoms with E-state index < -0.39 is 35.1 Å². The van der Waals surface area contributed by atoms with E-state index in [9.17, 15) is 19.7 Å². The van der Waals surface area contributed by atoms with Gasteiger partial charge in [-0.2, -0.15) is 0 Å². The molecule has 0 spiro atoms. The lowest BCUT2D eigenvalue weighted by molar-refractivity contribution is -0.402. The molecule has 0 aliphatic rings. The van der Waals surface area contributed by atoms with Gasteiger partial charge in [-0.25, -0.2) is 0 Å². The molecule has 8 heteroatoms. The zero-order valence-electron chi connectivity index (χ0n) is 7.82. The van der Waals surface area contributed by atoms with Gasteiger partial charge in [0.05, 0.1) is 12.5 Å². The highest BCUT2D eigenvalue weighted by molar-refractivity contribution is 5.81. The Morgan fingerprint density at radius 1 is 1.44 bits per heavy atom. The van der Waals surface area contributed by atoms with E-state index >= 15 is 0 Å². The van der Waals surface area contributed by atoms with Crippen LogP contribution in [0.15, 0.2) is 16.5 Å². The first-order valence-corrected chi connectivity index (χ1v) is 4.10. The molecule has 1 aromatic rings. The van der Waals surface area contributed by atoms with Gasteiger partial charge in [-0.05, 0) is 6.07 Å². The molecule has 0 bridgehead atoms. The smallest absolute Gasteiger partial charge is 0.433 e.